The van der Waals surface area contributed by atoms with Gasteiger partial charge in [-0.1, -0.05) is 30.7 Å². The van der Waals surface area contributed by atoms with E-state index in [0.29, 0.717) is 19.1 Å². The largest absolute Gasteiger partial charge is 0.352 e. The average Bonchev–Trinajstić information content (AvgIpc) is 2.69. The maximum Gasteiger partial charge on any atom is 0.225 e. The normalized spacial score (nSPS) is 23.9. The molecule has 1 aromatic rings. The molecule has 0 spiro atoms. The second kappa shape index (κ2) is 9.36. The molecule has 2 aliphatic rings. The molecule has 1 N–H and O–H groups in total. The number of carbonyl (C=O) groups is 2. The Morgan fingerprint density at radius 3 is 2.59 bits per heavy atom. The standard InChI is InChI=1S/C22H33N3O2/c1-17-8-5-6-12-24(17)15-20-10-4-3-9-19(20)14-23-22(27)21-11-7-13-25(16-21)18(2)26/h3-4,9-10,17,21H,5-8,11-16H2,1-2H3,(H,23,27). The molecule has 2 aliphatic heterocycles. The Morgan fingerprint density at radius 2 is 1.85 bits per heavy atom. The quantitative estimate of drug-likeness (QED) is 0.866. The predicted molar refractivity (Wildman–Crippen MR) is 107 cm³/mol. The molecular formula is C22H33N3O2. The van der Waals surface area contributed by atoms with Crippen LogP contribution in [0.25, 0.3) is 0 Å². The van der Waals surface area contributed by atoms with Gasteiger partial charge in [0.2, 0.25) is 11.8 Å². The minimum Gasteiger partial charge on any atom is -0.352 e. The third-order valence-electron chi connectivity index (χ3n) is 6.12. The first-order valence-electron chi connectivity index (χ1n) is 10.4. The molecule has 2 heterocycles. The minimum absolute atomic E-state index is 0.0634. The number of hydrogen-bond acceptors (Lipinski definition) is 3. The van der Waals surface area contributed by atoms with Crippen LogP contribution < -0.4 is 5.32 Å². The molecule has 5 nitrogen and oxygen atoms in total. The van der Waals surface area contributed by atoms with Crippen molar-refractivity contribution in [2.24, 2.45) is 5.92 Å². The second-order valence-corrected chi connectivity index (χ2v) is 8.11. The molecule has 0 bridgehead atoms. The Balaban J connectivity index is 1.57. The highest BCUT2D eigenvalue weighted by Gasteiger charge is 2.27. The highest BCUT2D eigenvalue weighted by atomic mass is 16.2. The fourth-order valence-electron chi connectivity index (χ4n) is 4.30. The summed E-state index contributed by atoms with van der Waals surface area (Å²) in [6, 6.07) is 9.05. The Labute approximate surface area is 163 Å². The fourth-order valence-corrected chi connectivity index (χ4v) is 4.30. The number of carbonyl (C=O) groups excluding carboxylic acids is 2. The summed E-state index contributed by atoms with van der Waals surface area (Å²) in [6.07, 6.45) is 5.64. The number of amides is 2. The number of nitrogens with zero attached hydrogens (tertiary/aromatic N) is 2. The summed E-state index contributed by atoms with van der Waals surface area (Å²) in [5, 5.41) is 3.12. The van der Waals surface area contributed by atoms with E-state index in [0.717, 1.165) is 32.5 Å². The van der Waals surface area contributed by atoms with Crippen LogP contribution in [0.1, 0.15) is 57.1 Å². The zero-order chi connectivity index (χ0) is 19.2. The van der Waals surface area contributed by atoms with E-state index in [1.54, 1.807) is 11.8 Å². The minimum atomic E-state index is -0.0862. The first kappa shape index (κ1) is 19.9. The first-order valence-corrected chi connectivity index (χ1v) is 10.4. The third kappa shape index (κ3) is 5.32. The van der Waals surface area contributed by atoms with E-state index < -0.39 is 0 Å². The van der Waals surface area contributed by atoms with Gasteiger partial charge in [0.05, 0.1) is 5.92 Å². The van der Waals surface area contributed by atoms with Crippen LogP contribution in [0.3, 0.4) is 0 Å². The van der Waals surface area contributed by atoms with E-state index in [-0.39, 0.29) is 17.7 Å². The predicted octanol–water partition coefficient (Wildman–Crippen LogP) is 2.94. The van der Waals surface area contributed by atoms with Crippen LogP contribution in [0.5, 0.6) is 0 Å². The van der Waals surface area contributed by atoms with Crippen LogP contribution >= 0.6 is 0 Å². The van der Waals surface area contributed by atoms with Gasteiger partial charge in [-0.05, 0) is 50.3 Å². The maximum atomic E-state index is 12.6. The van der Waals surface area contributed by atoms with Gasteiger partial charge in [0.15, 0.2) is 0 Å². The van der Waals surface area contributed by atoms with E-state index in [9.17, 15) is 9.59 Å². The lowest BCUT2D eigenvalue weighted by Gasteiger charge is -2.34. The summed E-state index contributed by atoms with van der Waals surface area (Å²) in [5.41, 5.74) is 2.50. The van der Waals surface area contributed by atoms with E-state index >= 15 is 0 Å². The first-order chi connectivity index (χ1) is 13.0. The van der Waals surface area contributed by atoms with Gasteiger partial charge in [-0.15, -0.1) is 0 Å². The van der Waals surface area contributed by atoms with Crippen LogP contribution in [0, 0.1) is 5.92 Å². The average molecular weight is 372 g/mol. The molecule has 0 radical (unpaired) electrons. The van der Waals surface area contributed by atoms with Gasteiger partial charge in [-0.2, -0.15) is 0 Å². The third-order valence-corrected chi connectivity index (χ3v) is 6.12. The van der Waals surface area contributed by atoms with Gasteiger partial charge in [-0.3, -0.25) is 14.5 Å². The molecule has 0 aromatic heterocycles. The molecule has 0 aliphatic carbocycles. The summed E-state index contributed by atoms with van der Waals surface area (Å²) in [5.74, 6) is 0.0486. The van der Waals surface area contributed by atoms with Gasteiger partial charge >= 0.3 is 0 Å². The second-order valence-electron chi connectivity index (χ2n) is 8.11. The Kier molecular flexibility index (Phi) is 6.89. The van der Waals surface area contributed by atoms with Gasteiger partial charge in [0.25, 0.3) is 0 Å². The lowest BCUT2D eigenvalue weighted by molar-refractivity contribution is -0.134. The SMILES string of the molecule is CC(=O)N1CCCC(C(=O)NCc2ccccc2CN2CCCCC2C)C1. The summed E-state index contributed by atoms with van der Waals surface area (Å²) in [4.78, 5) is 28.6. The number of hydrogen-bond donors (Lipinski definition) is 1. The van der Waals surface area contributed by atoms with E-state index in [2.05, 4.69) is 35.3 Å². The van der Waals surface area contributed by atoms with Gasteiger partial charge in [0, 0.05) is 39.1 Å². The highest BCUT2D eigenvalue weighted by molar-refractivity contribution is 5.80. The molecule has 5 heteroatoms. The van der Waals surface area contributed by atoms with Crippen LogP contribution in [-0.2, 0) is 22.7 Å². The number of benzene rings is 1. The number of nitrogens with one attached hydrogen (secondary N) is 1. The van der Waals surface area contributed by atoms with E-state index in [1.807, 2.05) is 6.07 Å². The fraction of sp³-hybridized carbons (Fsp3) is 0.636. The molecule has 2 atom stereocenters. The summed E-state index contributed by atoms with van der Waals surface area (Å²) >= 11 is 0. The maximum absolute atomic E-state index is 12.6. The summed E-state index contributed by atoms with van der Waals surface area (Å²) < 4.78 is 0. The number of piperidine rings is 2. The van der Waals surface area contributed by atoms with Gasteiger partial charge in [-0.25, -0.2) is 0 Å². The lowest BCUT2D eigenvalue weighted by atomic mass is 9.96. The molecular weight excluding hydrogens is 338 g/mol. The summed E-state index contributed by atoms with van der Waals surface area (Å²) in [7, 11) is 0. The van der Waals surface area contributed by atoms with Crippen molar-refractivity contribution in [2.45, 2.75) is 65.1 Å². The molecule has 2 unspecified atom stereocenters. The van der Waals surface area contributed by atoms with E-state index in [1.165, 1.54) is 30.4 Å². The smallest absolute Gasteiger partial charge is 0.225 e. The molecule has 148 valence electrons. The molecule has 2 saturated heterocycles. The topological polar surface area (TPSA) is 52.7 Å². The Bertz CT molecular complexity index is 661. The number of rotatable bonds is 5. The van der Waals surface area contributed by atoms with Crippen LogP contribution in [0.4, 0.5) is 0 Å². The molecule has 1 aromatic carbocycles. The van der Waals surface area contributed by atoms with Crippen molar-refractivity contribution in [3.05, 3.63) is 35.4 Å². The van der Waals surface area contributed by atoms with Crippen molar-refractivity contribution >= 4 is 11.8 Å². The molecule has 0 saturated carbocycles. The van der Waals surface area contributed by atoms with Crippen molar-refractivity contribution in [1.82, 2.24) is 15.1 Å². The zero-order valence-corrected chi connectivity index (χ0v) is 16.7. The summed E-state index contributed by atoms with van der Waals surface area (Å²) in [6.45, 7) is 7.89. The molecule has 2 amide bonds. The van der Waals surface area contributed by atoms with Gasteiger partial charge in [0.1, 0.15) is 0 Å². The van der Waals surface area contributed by atoms with Crippen molar-refractivity contribution < 1.29 is 9.59 Å². The molecule has 3 rings (SSSR count). The van der Waals surface area contributed by atoms with Crippen LogP contribution in [0.15, 0.2) is 24.3 Å². The van der Waals surface area contributed by atoms with Crippen LogP contribution in [0.2, 0.25) is 0 Å². The van der Waals surface area contributed by atoms with Gasteiger partial charge < -0.3 is 10.2 Å². The van der Waals surface area contributed by atoms with Crippen molar-refractivity contribution in [2.75, 3.05) is 19.6 Å². The zero-order valence-electron chi connectivity index (χ0n) is 16.7. The van der Waals surface area contributed by atoms with Crippen molar-refractivity contribution in [3.63, 3.8) is 0 Å². The Morgan fingerprint density at radius 1 is 1.07 bits per heavy atom. The van der Waals surface area contributed by atoms with Crippen LogP contribution in [-0.4, -0.2) is 47.3 Å². The molecule has 27 heavy (non-hydrogen) atoms. The van der Waals surface area contributed by atoms with E-state index in [4.69, 9.17) is 0 Å². The number of likely N-dealkylation sites (tertiary alicyclic amines) is 2. The molecule has 2 fully saturated rings. The van der Waals surface area contributed by atoms with Crippen molar-refractivity contribution in [3.8, 4) is 0 Å². The lowest BCUT2D eigenvalue weighted by Crippen LogP contribution is -2.44. The Hall–Kier alpha value is -1.88. The van der Waals surface area contributed by atoms with Crippen molar-refractivity contribution in [1.29, 1.82) is 0 Å². The monoisotopic (exact) mass is 371 g/mol. The highest BCUT2D eigenvalue weighted by Crippen LogP contribution is 2.21.